The van der Waals surface area contributed by atoms with Gasteiger partial charge in [0.2, 0.25) is 0 Å². The van der Waals surface area contributed by atoms with E-state index in [1.54, 1.807) is 0 Å². The van der Waals surface area contributed by atoms with Crippen LogP contribution < -0.4 is 5.73 Å². The SMILES string of the molecule is NCC(c1cccc(Br)c1)N1CCN(CCO)CC1. The number of nitrogens with zero attached hydrogens (tertiary/aromatic N) is 2. The summed E-state index contributed by atoms with van der Waals surface area (Å²) in [5.41, 5.74) is 7.24. The van der Waals surface area contributed by atoms with Crippen LogP contribution in [-0.2, 0) is 0 Å². The average molecular weight is 328 g/mol. The first-order valence-electron chi connectivity index (χ1n) is 6.77. The molecule has 1 aromatic carbocycles. The molecular formula is C14H22BrN3O. The predicted octanol–water partition coefficient (Wildman–Crippen LogP) is 1.06. The summed E-state index contributed by atoms with van der Waals surface area (Å²) in [6, 6.07) is 8.68. The van der Waals surface area contributed by atoms with Gasteiger partial charge in [-0.25, -0.2) is 0 Å². The molecule has 1 aliphatic heterocycles. The molecule has 4 nitrogen and oxygen atoms in total. The van der Waals surface area contributed by atoms with Crippen molar-refractivity contribution < 1.29 is 5.11 Å². The molecule has 19 heavy (non-hydrogen) atoms. The molecule has 0 saturated carbocycles. The van der Waals surface area contributed by atoms with Crippen molar-refractivity contribution in [3.8, 4) is 0 Å². The van der Waals surface area contributed by atoms with Crippen molar-refractivity contribution >= 4 is 15.9 Å². The number of piperazine rings is 1. The van der Waals surface area contributed by atoms with Gasteiger partial charge in [0.1, 0.15) is 0 Å². The van der Waals surface area contributed by atoms with Crippen LogP contribution in [0, 0.1) is 0 Å². The highest BCUT2D eigenvalue weighted by molar-refractivity contribution is 9.10. The maximum Gasteiger partial charge on any atom is 0.0558 e. The monoisotopic (exact) mass is 327 g/mol. The van der Waals surface area contributed by atoms with Gasteiger partial charge in [-0.2, -0.15) is 0 Å². The lowest BCUT2D eigenvalue weighted by atomic mass is 10.0. The largest absolute Gasteiger partial charge is 0.395 e. The molecule has 1 atom stereocenters. The summed E-state index contributed by atoms with van der Waals surface area (Å²) in [4.78, 5) is 4.74. The number of rotatable bonds is 5. The highest BCUT2D eigenvalue weighted by atomic mass is 79.9. The number of β-amino-alcohol motifs (C(OH)–C–C–N with tert-alkyl or cyclic N) is 1. The van der Waals surface area contributed by atoms with Crippen molar-refractivity contribution in [1.29, 1.82) is 0 Å². The van der Waals surface area contributed by atoms with Crippen LogP contribution in [0.1, 0.15) is 11.6 Å². The lowest BCUT2D eigenvalue weighted by molar-refractivity contribution is 0.0857. The fraction of sp³-hybridized carbons (Fsp3) is 0.571. The Kier molecular flexibility index (Phi) is 5.78. The van der Waals surface area contributed by atoms with E-state index in [1.165, 1.54) is 5.56 Å². The highest BCUT2D eigenvalue weighted by Crippen LogP contribution is 2.23. The van der Waals surface area contributed by atoms with Crippen LogP contribution in [0.25, 0.3) is 0 Å². The molecule has 3 N–H and O–H groups in total. The van der Waals surface area contributed by atoms with Gasteiger partial charge in [0, 0.05) is 49.8 Å². The van der Waals surface area contributed by atoms with E-state index < -0.39 is 0 Å². The molecule has 0 radical (unpaired) electrons. The van der Waals surface area contributed by atoms with Gasteiger partial charge in [0.25, 0.3) is 0 Å². The summed E-state index contributed by atoms with van der Waals surface area (Å²) < 4.78 is 1.10. The third kappa shape index (κ3) is 4.00. The lowest BCUT2D eigenvalue weighted by Crippen LogP contribution is -2.49. The van der Waals surface area contributed by atoms with Crippen molar-refractivity contribution in [2.24, 2.45) is 5.73 Å². The summed E-state index contributed by atoms with van der Waals surface area (Å²) in [5.74, 6) is 0. The molecule has 106 valence electrons. The van der Waals surface area contributed by atoms with Gasteiger partial charge in [0.15, 0.2) is 0 Å². The summed E-state index contributed by atoms with van der Waals surface area (Å²) >= 11 is 3.52. The van der Waals surface area contributed by atoms with Crippen molar-refractivity contribution in [1.82, 2.24) is 9.80 Å². The van der Waals surface area contributed by atoms with Gasteiger partial charge >= 0.3 is 0 Å². The van der Waals surface area contributed by atoms with Crippen LogP contribution in [0.2, 0.25) is 0 Å². The summed E-state index contributed by atoms with van der Waals surface area (Å²) in [6.07, 6.45) is 0. The maximum atomic E-state index is 8.97. The molecule has 1 aromatic rings. The van der Waals surface area contributed by atoms with E-state index in [1.807, 2.05) is 6.07 Å². The van der Waals surface area contributed by atoms with Crippen LogP contribution in [-0.4, -0.2) is 60.8 Å². The Morgan fingerprint density at radius 3 is 2.58 bits per heavy atom. The van der Waals surface area contributed by atoms with Crippen LogP contribution in [0.5, 0.6) is 0 Å². The van der Waals surface area contributed by atoms with Crippen LogP contribution in [0.4, 0.5) is 0 Å². The number of nitrogens with two attached hydrogens (primary N) is 1. The first-order valence-corrected chi connectivity index (χ1v) is 7.56. The van der Waals surface area contributed by atoms with Crippen LogP contribution in [0.15, 0.2) is 28.7 Å². The fourth-order valence-corrected chi connectivity index (χ4v) is 3.07. The van der Waals surface area contributed by atoms with E-state index in [-0.39, 0.29) is 12.6 Å². The zero-order valence-electron chi connectivity index (χ0n) is 11.1. The molecule has 0 bridgehead atoms. The van der Waals surface area contributed by atoms with Gasteiger partial charge in [-0.05, 0) is 17.7 Å². The molecule has 1 saturated heterocycles. The normalized spacial score (nSPS) is 19.5. The Hall–Kier alpha value is -0.460. The van der Waals surface area contributed by atoms with Crippen molar-refractivity contribution in [2.75, 3.05) is 45.9 Å². The van der Waals surface area contributed by atoms with Gasteiger partial charge < -0.3 is 10.8 Å². The second kappa shape index (κ2) is 7.36. The third-order valence-electron chi connectivity index (χ3n) is 3.72. The number of hydrogen-bond acceptors (Lipinski definition) is 4. The quantitative estimate of drug-likeness (QED) is 0.849. The standard InChI is InChI=1S/C14H22BrN3O/c15-13-3-1-2-12(10-13)14(11-16)18-6-4-17(5-7-18)8-9-19/h1-3,10,14,19H,4-9,11,16H2. The van der Waals surface area contributed by atoms with E-state index in [2.05, 4.69) is 43.9 Å². The average Bonchev–Trinajstić information content (AvgIpc) is 2.42. The molecule has 1 aliphatic rings. The smallest absolute Gasteiger partial charge is 0.0558 e. The van der Waals surface area contributed by atoms with Crippen LogP contribution in [0.3, 0.4) is 0 Å². The molecule has 0 spiro atoms. The van der Waals surface area contributed by atoms with Crippen molar-refractivity contribution in [2.45, 2.75) is 6.04 Å². The summed E-state index contributed by atoms with van der Waals surface area (Å²) in [6.45, 7) is 5.68. The summed E-state index contributed by atoms with van der Waals surface area (Å²) in [5, 5.41) is 8.97. The Bertz CT molecular complexity index is 394. The fourth-order valence-electron chi connectivity index (χ4n) is 2.65. The molecule has 0 amide bonds. The van der Waals surface area contributed by atoms with Gasteiger partial charge in [-0.15, -0.1) is 0 Å². The molecule has 0 aliphatic carbocycles. The van der Waals surface area contributed by atoms with E-state index in [4.69, 9.17) is 10.8 Å². The Labute approximate surface area is 123 Å². The number of benzene rings is 1. The predicted molar refractivity (Wildman–Crippen MR) is 81.0 cm³/mol. The zero-order chi connectivity index (χ0) is 13.7. The number of aliphatic hydroxyl groups excluding tert-OH is 1. The van der Waals surface area contributed by atoms with Crippen LogP contribution >= 0.6 is 15.9 Å². The molecular weight excluding hydrogens is 306 g/mol. The molecule has 0 aromatic heterocycles. The first kappa shape index (κ1) is 14.9. The number of halogens is 1. The minimum Gasteiger partial charge on any atom is -0.395 e. The summed E-state index contributed by atoms with van der Waals surface area (Å²) in [7, 11) is 0. The van der Waals surface area contributed by atoms with E-state index in [9.17, 15) is 0 Å². The number of aliphatic hydroxyl groups is 1. The molecule has 1 unspecified atom stereocenters. The second-order valence-corrected chi connectivity index (χ2v) is 5.82. The second-order valence-electron chi connectivity index (χ2n) is 4.91. The Balaban J connectivity index is 1.99. The lowest BCUT2D eigenvalue weighted by Gasteiger charge is -2.39. The van der Waals surface area contributed by atoms with E-state index >= 15 is 0 Å². The van der Waals surface area contributed by atoms with Crippen molar-refractivity contribution in [3.05, 3.63) is 34.3 Å². The maximum absolute atomic E-state index is 8.97. The Morgan fingerprint density at radius 2 is 2.00 bits per heavy atom. The van der Waals surface area contributed by atoms with E-state index in [0.717, 1.165) is 37.2 Å². The minimum absolute atomic E-state index is 0.242. The van der Waals surface area contributed by atoms with Gasteiger partial charge in [-0.1, -0.05) is 28.1 Å². The molecule has 1 fully saturated rings. The molecule has 1 heterocycles. The highest BCUT2D eigenvalue weighted by Gasteiger charge is 2.23. The first-order chi connectivity index (χ1) is 9.24. The zero-order valence-corrected chi connectivity index (χ0v) is 12.7. The van der Waals surface area contributed by atoms with Gasteiger partial charge in [0.05, 0.1) is 6.61 Å². The minimum atomic E-state index is 0.242. The third-order valence-corrected chi connectivity index (χ3v) is 4.21. The van der Waals surface area contributed by atoms with Gasteiger partial charge in [-0.3, -0.25) is 9.80 Å². The molecule has 5 heteroatoms. The Morgan fingerprint density at radius 1 is 1.26 bits per heavy atom. The van der Waals surface area contributed by atoms with E-state index in [0.29, 0.717) is 6.54 Å². The molecule has 2 rings (SSSR count). The van der Waals surface area contributed by atoms with Crippen molar-refractivity contribution in [3.63, 3.8) is 0 Å². The number of hydrogen-bond donors (Lipinski definition) is 2. The topological polar surface area (TPSA) is 52.7 Å².